The molecule has 6 heteroatoms. The van der Waals surface area contributed by atoms with Crippen LogP contribution < -0.4 is 5.32 Å². The summed E-state index contributed by atoms with van der Waals surface area (Å²) < 4.78 is 14.8. The predicted octanol–water partition coefficient (Wildman–Crippen LogP) is 2.66. The second-order valence-electron chi connectivity index (χ2n) is 4.66. The summed E-state index contributed by atoms with van der Waals surface area (Å²) in [7, 11) is 1.82. The molecule has 0 atom stereocenters. The van der Waals surface area contributed by atoms with E-state index in [1.165, 1.54) is 12.1 Å². The van der Waals surface area contributed by atoms with Gasteiger partial charge in [0.25, 0.3) is 5.91 Å². The highest BCUT2D eigenvalue weighted by atomic mass is 32.2. The Balaban J connectivity index is 1.84. The van der Waals surface area contributed by atoms with Crippen molar-refractivity contribution in [1.29, 1.82) is 0 Å². The first kappa shape index (κ1) is 13.9. The van der Waals surface area contributed by atoms with Crippen LogP contribution in [0.15, 0.2) is 41.4 Å². The van der Waals surface area contributed by atoms with Crippen LogP contribution in [0.25, 0.3) is 11.3 Å². The third kappa shape index (κ3) is 2.85. The van der Waals surface area contributed by atoms with E-state index < -0.39 is 0 Å². The molecule has 0 saturated heterocycles. The molecule has 1 aromatic carbocycles. The van der Waals surface area contributed by atoms with Crippen LogP contribution >= 0.6 is 11.8 Å². The number of benzene rings is 1. The Labute approximate surface area is 126 Å². The second-order valence-corrected chi connectivity index (χ2v) is 5.74. The van der Waals surface area contributed by atoms with Gasteiger partial charge in [0.1, 0.15) is 11.5 Å². The van der Waals surface area contributed by atoms with Gasteiger partial charge in [-0.2, -0.15) is 0 Å². The SMILES string of the molecule is Cn1c(C(=O)NC2=NCCS2)ccc1-c1ccc(F)cc1. The first-order valence-electron chi connectivity index (χ1n) is 6.55. The normalized spacial score (nSPS) is 14.1. The number of amidine groups is 1. The summed E-state index contributed by atoms with van der Waals surface area (Å²) in [5, 5.41) is 3.47. The quantitative estimate of drug-likeness (QED) is 0.927. The van der Waals surface area contributed by atoms with E-state index in [9.17, 15) is 9.18 Å². The van der Waals surface area contributed by atoms with Crippen LogP contribution in [0.5, 0.6) is 0 Å². The Bertz CT molecular complexity index is 706. The lowest BCUT2D eigenvalue weighted by Gasteiger charge is -2.08. The number of carbonyl (C=O) groups is 1. The molecule has 0 saturated carbocycles. The fourth-order valence-electron chi connectivity index (χ4n) is 2.22. The van der Waals surface area contributed by atoms with Crippen LogP contribution in [-0.2, 0) is 7.05 Å². The third-order valence-electron chi connectivity index (χ3n) is 3.30. The lowest BCUT2D eigenvalue weighted by molar-refractivity contribution is 0.0970. The minimum atomic E-state index is -0.276. The Kier molecular flexibility index (Phi) is 3.79. The maximum Gasteiger partial charge on any atom is 0.273 e. The summed E-state index contributed by atoms with van der Waals surface area (Å²) in [6.07, 6.45) is 0. The molecule has 0 radical (unpaired) electrons. The van der Waals surface area contributed by atoms with Crippen LogP contribution in [0, 0.1) is 5.82 Å². The van der Waals surface area contributed by atoms with Gasteiger partial charge in [-0.25, -0.2) is 4.39 Å². The van der Waals surface area contributed by atoms with Crippen LogP contribution in [-0.4, -0.2) is 27.9 Å². The summed E-state index contributed by atoms with van der Waals surface area (Å²) in [5.41, 5.74) is 2.27. The van der Waals surface area contributed by atoms with Crippen molar-refractivity contribution in [2.75, 3.05) is 12.3 Å². The number of thioether (sulfide) groups is 1. The number of carbonyl (C=O) groups excluding carboxylic acids is 1. The van der Waals surface area contributed by atoms with Crippen molar-refractivity contribution in [3.05, 3.63) is 47.9 Å². The van der Waals surface area contributed by atoms with Crippen molar-refractivity contribution in [3.63, 3.8) is 0 Å². The van der Waals surface area contributed by atoms with E-state index in [2.05, 4.69) is 10.3 Å². The zero-order chi connectivity index (χ0) is 14.8. The second kappa shape index (κ2) is 5.73. The van der Waals surface area contributed by atoms with E-state index in [0.29, 0.717) is 10.9 Å². The Morgan fingerprint density at radius 2 is 2.05 bits per heavy atom. The van der Waals surface area contributed by atoms with Crippen molar-refractivity contribution in [2.45, 2.75) is 0 Å². The molecule has 108 valence electrons. The van der Waals surface area contributed by atoms with Crippen molar-refractivity contribution in [1.82, 2.24) is 9.88 Å². The molecule has 1 N–H and O–H groups in total. The maximum absolute atomic E-state index is 13.0. The van der Waals surface area contributed by atoms with E-state index in [1.807, 2.05) is 13.1 Å². The largest absolute Gasteiger partial charge is 0.340 e. The molecule has 0 bridgehead atoms. The molecule has 0 unspecified atom stereocenters. The van der Waals surface area contributed by atoms with Crippen LogP contribution in [0.4, 0.5) is 4.39 Å². The number of rotatable bonds is 2. The number of nitrogens with zero attached hydrogens (tertiary/aromatic N) is 2. The van der Waals surface area contributed by atoms with Crippen molar-refractivity contribution in [3.8, 4) is 11.3 Å². The number of aromatic nitrogens is 1. The molecule has 1 aliphatic heterocycles. The molecular formula is C15H14FN3OS. The first-order valence-corrected chi connectivity index (χ1v) is 7.54. The molecule has 1 aromatic heterocycles. The smallest absolute Gasteiger partial charge is 0.273 e. The zero-order valence-corrected chi connectivity index (χ0v) is 12.3. The van der Waals surface area contributed by atoms with Crippen LogP contribution in [0.3, 0.4) is 0 Å². The molecule has 4 nitrogen and oxygen atoms in total. The Morgan fingerprint density at radius 1 is 1.29 bits per heavy atom. The lowest BCUT2D eigenvalue weighted by Crippen LogP contribution is -2.29. The van der Waals surface area contributed by atoms with E-state index in [4.69, 9.17) is 0 Å². The number of hydrogen-bond donors (Lipinski definition) is 1. The molecule has 3 rings (SSSR count). The van der Waals surface area contributed by atoms with Gasteiger partial charge < -0.3 is 9.88 Å². The third-order valence-corrected chi connectivity index (χ3v) is 4.19. The van der Waals surface area contributed by atoms with E-state index in [0.717, 1.165) is 23.6 Å². The summed E-state index contributed by atoms with van der Waals surface area (Å²) in [6.45, 7) is 0.744. The fraction of sp³-hybridized carbons (Fsp3) is 0.200. The molecule has 21 heavy (non-hydrogen) atoms. The Hall–Kier alpha value is -2.08. The summed E-state index contributed by atoms with van der Waals surface area (Å²) in [4.78, 5) is 16.4. The molecule has 2 aromatic rings. The minimum Gasteiger partial charge on any atom is -0.340 e. The van der Waals surface area contributed by atoms with Gasteiger partial charge in [0.15, 0.2) is 5.17 Å². The highest BCUT2D eigenvalue weighted by Crippen LogP contribution is 2.22. The molecule has 0 spiro atoms. The molecule has 1 amide bonds. The van der Waals surface area contributed by atoms with Crippen molar-refractivity contribution < 1.29 is 9.18 Å². The van der Waals surface area contributed by atoms with Crippen LogP contribution in [0.1, 0.15) is 10.5 Å². The molecule has 0 aliphatic carbocycles. The zero-order valence-electron chi connectivity index (χ0n) is 11.5. The highest BCUT2D eigenvalue weighted by molar-refractivity contribution is 8.14. The van der Waals surface area contributed by atoms with Crippen LogP contribution in [0.2, 0.25) is 0 Å². The summed E-state index contributed by atoms with van der Waals surface area (Å²) >= 11 is 1.54. The molecule has 1 aliphatic rings. The standard InChI is InChI=1S/C15H14FN3OS/c1-19-12(10-2-4-11(16)5-3-10)6-7-13(19)14(20)18-15-17-8-9-21-15/h2-7H,8-9H2,1H3,(H,17,18,20). The first-order chi connectivity index (χ1) is 10.1. The summed E-state index contributed by atoms with van der Waals surface area (Å²) in [5.74, 6) is 0.449. The number of hydrogen-bond acceptors (Lipinski definition) is 3. The van der Waals surface area contributed by atoms with Gasteiger partial charge in [0.05, 0.1) is 6.54 Å². The van der Waals surface area contributed by atoms with E-state index in [-0.39, 0.29) is 11.7 Å². The summed E-state index contributed by atoms with van der Waals surface area (Å²) in [6, 6.07) is 9.82. The minimum absolute atomic E-state index is 0.181. The average molecular weight is 303 g/mol. The van der Waals surface area contributed by atoms with E-state index >= 15 is 0 Å². The molecule has 2 heterocycles. The van der Waals surface area contributed by atoms with Gasteiger partial charge in [-0.05, 0) is 42.0 Å². The van der Waals surface area contributed by atoms with E-state index in [1.54, 1.807) is 34.5 Å². The number of halogens is 1. The highest BCUT2D eigenvalue weighted by Gasteiger charge is 2.17. The fourth-order valence-corrected chi connectivity index (χ4v) is 2.95. The van der Waals surface area contributed by atoms with Gasteiger partial charge in [-0.3, -0.25) is 9.79 Å². The van der Waals surface area contributed by atoms with Gasteiger partial charge in [0, 0.05) is 18.5 Å². The van der Waals surface area contributed by atoms with Crippen molar-refractivity contribution in [2.24, 2.45) is 12.0 Å². The van der Waals surface area contributed by atoms with Gasteiger partial charge in [-0.15, -0.1) is 0 Å². The monoisotopic (exact) mass is 303 g/mol. The average Bonchev–Trinajstić information content (AvgIpc) is 3.09. The number of nitrogens with one attached hydrogen (secondary N) is 1. The maximum atomic E-state index is 13.0. The topological polar surface area (TPSA) is 46.4 Å². The van der Waals surface area contributed by atoms with Gasteiger partial charge in [0.2, 0.25) is 0 Å². The Morgan fingerprint density at radius 3 is 2.71 bits per heavy atom. The number of amides is 1. The predicted molar refractivity (Wildman–Crippen MR) is 83.0 cm³/mol. The number of aliphatic imine (C=N–C) groups is 1. The molecular weight excluding hydrogens is 289 g/mol. The van der Waals surface area contributed by atoms with Crippen molar-refractivity contribution >= 4 is 22.8 Å². The van der Waals surface area contributed by atoms with Gasteiger partial charge in [-0.1, -0.05) is 11.8 Å². The lowest BCUT2D eigenvalue weighted by atomic mass is 10.1. The van der Waals surface area contributed by atoms with Gasteiger partial charge >= 0.3 is 0 Å². The molecule has 0 fully saturated rings.